The Hall–Kier alpha value is -1.90. The van der Waals surface area contributed by atoms with Crippen LogP contribution in [0.1, 0.15) is 0 Å². The van der Waals surface area contributed by atoms with E-state index in [1.807, 2.05) is 21.6 Å². The fourth-order valence-electron chi connectivity index (χ4n) is 2.42. The van der Waals surface area contributed by atoms with E-state index in [1.165, 1.54) is 28.0 Å². The van der Waals surface area contributed by atoms with Crippen LogP contribution in [0.3, 0.4) is 0 Å². The van der Waals surface area contributed by atoms with Crippen LogP contribution >= 0.6 is 21.6 Å². The standard InChI is InChI=1S/C18H14.C3H4S2/c1-3-9-15(10-4-1)17-13-7-8-14-18(17)16-11-5-2-6-12-16;1-2-4-5-3-1/h1-14H;1-2H,3H2. The molecule has 114 valence electrons. The van der Waals surface area contributed by atoms with Gasteiger partial charge in [-0.2, -0.15) is 0 Å². The summed E-state index contributed by atoms with van der Waals surface area (Å²) in [6.07, 6.45) is 2.16. The molecule has 0 amide bonds. The lowest BCUT2D eigenvalue weighted by molar-refractivity contribution is 1.58. The minimum atomic E-state index is 1.20. The number of hydrogen-bond acceptors (Lipinski definition) is 2. The van der Waals surface area contributed by atoms with Crippen LogP contribution in [0.25, 0.3) is 22.3 Å². The molecule has 3 aromatic carbocycles. The summed E-state index contributed by atoms with van der Waals surface area (Å²) < 4.78 is 0. The van der Waals surface area contributed by atoms with Gasteiger partial charge in [-0.1, -0.05) is 113 Å². The zero-order chi connectivity index (χ0) is 15.7. The van der Waals surface area contributed by atoms with E-state index >= 15 is 0 Å². The van der Waals surface area contributed by atoms with Crippen molar-refractivity contribution in [3.05, 3.63) is 96.4 Å². The van der Waals surface area contributed by atoms with Gasteiger partial charge in [0.15, 0.2) is 0 Å². The topological polar surface area (TPSA) is 0 Å². The van der Waals surface area contributed by atoms with Crippen LogP contribution in [-0.4, -0.2) is 5.75 Å². The molecular formula is C21H18S2. The van der Waals surface area contributed by atoms with Crippen molar-refractivity contribution in [2.45, 2.75) is 0 Å². The summed E-state index contributed by atoms with van der Waals surface area (Å²) >= 11 is 0. The van der Waals surface area contributed by atoms with E-state index in [9.17, 15) is 0 Å². The quantitative estimate of drug-likeness (QED) is 0.467. The van der Waals surface area contributed by atoms with E-state index in [0.717, 1.165) is 0 Å². The van der Waals surface area contributed by atoms with Crippen LogP contribution in [0.2, 0.25) is 0 Å². The molecule has 2 heteroatoms. The average Bonchev–Trinajstić information content (AvgIpc) is 3.23. The van der Waals surface area contributed by atoms with E-state index in [2.05, 4.69) is 96.4 Å². The zero-order valence-electron chi connectivity index (χ0n) is 12.8. The molecule has 3 aromatic rings. The molecule has 4 rings (SSSR count). The number of hydrogen-bond donors (Lipinski definition) is 0. The summed E-state index contributed by atoms with van der Waals surface area (Å²) in [5, 5.41) is 2.12. The van der Waals surface area contributed by atoms with Gasteiger partial charge < -0.3 is 0 Å². The molecule has 0 unspecified atom stereocenters. The van der Waals surface area contributed by atoms with Gasteiger partial charge in [0, 0.05) is 5.75 Å². The minimum Gasteiger partial charge on any atom is -0.0854 e. The van der Waals surface area contributed by atoms with Crippen molar-refractivity contribution >= 4 is 21.6 Å². The minimum absolute atomic E-state index is 1.20. The molecule has 0 aliphatic carbocycles. The second-order valence-electron chi connectivity index (χ2n) is 5.03. The van der Waals surface area contributed by atoms with Crippen molar-refractivity contribution in [2.75, 3.05) is 5.75 Å². The van der Waals surface area contributed by atoms with Crippen LogP contribution in [-0.2, 0) is 0 Å². The van der Waals surface area contributed by atoms with E-state index in [-0.39, 0.29) is 0 Å². The normalized spacial score (nSPS) is 12.5. The molecule has 0 atom stereocenters. The predicted molar refractivity (Wildman–Crippen MR) is 107 cm³/mol. The summed E-state index contributed by atoms with van der Waals surface area (Å²) in [5.41, 5.74) is 5.09. The third kappa shape index (κ3) is 4.54. The van der Waals surface area contributed by atoms with Crippen molar-refractivity contribution in [3.8, 4) is 22.3 Å². The fourth-order valence-corrected chi connectivity index (χ4v) is 3.99. The lowest BCUT2D eigenvalue weighted by Crippen LogP contribution is -1.83. The van der Waals surface area contributed by atoms with E-state index in [1.54, 1.807) is 0 Å². The highest BCUT2D eigenvalue weighted by Crippen LogP contribution is 2.31. The highest BCUT2D eigenvalue weighted by molar-refractivity contribution is 8.78. The van der Waals surface area contributed by atoms with Crippen molar-refractivity contribution in [1.29, 1.82) is 0 Å². The number of benzene rings is 3. The third-order valence-electron chi connectivity index (χ3n) is 3.48. The summed E-state index contributed by atoms with van der Waals surface area (Å²) in [6, 6.07) is 29.6. The van der Waals surface area contributed by atoms with Gasteiger partial charge in [-0.05, 0) is 27.7 Å². The van der Waals surface area contributed by atoms with Gasteiger partial charge in [-0.3, -0.25) is 0 Å². The van der Waals surface area contributed by atoms with Crippen molar-refractivity contribution in [3.63, 3.8) is 0 Å². The molecule has 0 saturated heterocycles. The van der Waals surface area contributed by atoms with Crippen LogP contribution in [0.5, 0.6) is 0 Å². The van der Waals surface area contributed by atoms with E-state index in [4.69, 9.17) is 0 Å². The van der Waals surface area contributed by atoms with Gasteiger partial charge in [0.05, 0.1) is 0 Å². The van der Waals surface area contributed by atoms with Crippen molar-refractivity contribution in [2.24, 2.45) is 0 Å². The largest absolute Gasteiger partial charge is 0.0854 e. The SMILES string of the molecule is C1=CSSC1.c1ccc(-c2ccccc2-c2ccccc2)cc1. The highest BCUT2D eigenvalue weighted by Gasteiger charge is 2.05. The molecule has 0 nitrogen and oxygen atoms in total. The maximum atomic E-state index is 2.18. The van der Waals surface area contributed by atoms with Crippen LogP contribution in [0.4, 0.5) is 0 Å². The summed E-state index contributed by atoms with van der Waals surface area (Å²) in [4.78, 5) is 0. The van der Waals surface area contributed by atoms with Crippen LogP contribution in [0, 0.1) is 0 Å². The number of rotatable bonds is 2. The van der Waals surface area contributed by atoms with Crippen molar-refractivity contribution < 1.29 is 0 Å². The molecule has 0 N–H and O–H groups in total. The lowest BCUT2D eigenvalue weighted by Gasteiger charge is -2.09. The molecule has 0 fully saturated rings. The Labute approximate surface area is 146 Å². The second-order valence-corrected chi connectivity index (χ2v) is 7.35. The van der Waals surface area contributed by atoms with Gasteiger partial charge in [0.2, 0.25) is 0 Å². The molecule has 0 radical (unpaired) electrons. The van der Waals surface area contributed by atoms with Crippen LogP contribution < -0.4 is 0 Å². The zero-order valence-corrected chi connectivity index (χ0v) is 14.4. The maximum Gasteiger partial charge on any atom is 0.0229 e. The molecule has 0 aromatic heterocycles. The molecule has 0 saturated carbocycles. The van der Waals surface area contributed by atoms with Gasteiger partial charge in [0.1, 0.15) is 0 Å². The Balaban J connectivity index is 0.000000267. The first kappa shape index (κ1) is 16.0. The Kier molecular flexibility index (Phi) is 6.01. The Bertz CT molecular complexity index is 685. The monoisotopic (exact) mass is 334 g/mol. The summed E-state index contributed by atoms with van der Waals surface area (Å²) in [6.45, 7) is 0. The molecular weight excluding hydrogens is 316 g/mol. The van der Waals surface area contributed by atoms with Gasteiger partial charge in [-0.25, -0.2) is 0 Å². The second kappa shape index (κ2) is 8.66. The Morgan fingerprint density at radius 1 is 0.565 bits per heavy atom. The van der Waals surface area contributed by atoms with E-state index < -0.39 is 0 Å². The predicted octanol–water partition coefficient (Wildman–Crippen LogP) is 6.92. The first-order valence-electron chi connectivity index (χ1n) is 7.58. The average molecular weight is 335 g/mol. The molecule has 1 aliphatic rings. The third-order valence-corrected chi connectivity index (χ3v) is 5.40. The molecule has 1 heterocycles. The molecule has 23 heavy (non-hydrogen) atoms. The molecule has 0 bridgehead atoms. The first-order chi connectivity index (χ1) is 11.4. The van der Waals surface area contributed by atoms with Gasteiger partial charge >= 0.3 is 0 Å². The molecule has 1 aliphatic heterocycles. The summed E-state index contributed by atoms with van der Waals surface area (Å²) in [5.74, 6) is 1.20. The van der Waals surface area contributed by atoms with E-state index in [0.29, 0.717) is 0 Å². The van der Waals surface area contributed by atoms with Crippen LogP contribution in [0.15, 0.2) is 96.4 Å². The first-order valence-corrected chi connectivity index (χ1v) is 9.96. The maximum absolute atomic E-state index is 2.18. The Morgan fingerprint density at radius 3 is 1.39 bits per heavy atom. The highest BCUT2D eigenvalue weighted by atomic mass is 33.1. The van der Waals surface area contributed by atoms with Gasteiger partial charge in [0.25, 0.3) is 0 Å². The Morgan fingerprint density at radius 2 is 1.04 bits per heavy atom. The van der Waals surface area contributed by atoms with Crippen molar-refractivity contribution in [1.82, 2.24) is 0 Å². The fraction of sp³-hybridized carbons (Fsp3) is 0.0476. The smallest absolute Gasteiger partial charge is 0.0229 e. The van der Waals surface area contributed by atoms with Gasteiger partial charge in [-0.15, -0.1) is 0 Å². The lowest BCUT2D eigenvalue weighted by atomic mass is 9.95. The summed E-state index contributed by atoms with van der Waals surface area (Å²) in [7, 11) is 3.69. The molecule has 0 spiro atoms.